The van der Waals surface area contributed by atoms with Crippen molar-refractivity contribution in [3.05, 3.63) is 0 Å². The van der Waals surface area contributed by atoms with Gasteiger partial charge in [0.2, 0.25) is 5.91 Å². The molecule has 0 bridgehead atoms. The summed E-state index contributed by atoms with van der Waals surface area (Å²) >= 11 is 0. The maximum absolute atomic E-state index is 10.3. The molecule has 8 heavy (non-hydrogen) atoms. The van der Waals surface area contributed by atoms with Crippen LogP contribution in [-0.4, -0.2) is 13.0 Å². The fourth-order valence-corrected chi connectivity index (χ4v) is 0.352. The van der Waals surface area contributed by atoms with Crippen LogP contribution < -0.4 is 5.32 Å². The number of amides is 1. The molecule has 1 amide bonds. The lowest BCUT2D eigenvalue weighted by Crippen LogP contribution is -2.16. The van der Waals surface area contributed by atoms with E-state index in [0.29, 0.717) is 6.42 Å². The molecule has 0 radical (unpaired) electrons. The van der Waals surface area contributed by atoms with Crippen LogP contribution >= 0.6 is 12.4 Å². The number of nitrogens with one attached hydrogen (secondary N) is 1. The van der Waals surface area contributed by atoms with Crippen molar-refractivity contribution >= 4 is 18.3 Å². The Morgan fingerprint density at radius 3 is 2.25 bits per heavy atom. The van der Waals surface area contributed by atoms with Crippen LogP contribution in [0.5, 0.6) is 0 Å². The third-order valence-corrected chi connectivity index (χ3v) is 0.756. The van der Waals surface area contributed by atoms with Crippen LogP contribution in [0.1, 0.15) is 19.8 Å². The molecule has 0 heterocycles. The zero-order valence-corrected chi connectivity index (χ0v) is 6.05. The van der Waals surface area contributed by atoms with Crippen molar-refractivity contribution in [1.29, 1.82) is 0 Å². The van der Waals surface area contributed by atoms with Crippen LogP contribution in [0.3, 0.4) is 0 Å². The van der Waals surface area contributed by atoms with E-state index in [1.165, 1.54) is 0 Å². The molecule has 50 valence electrons. The van der Waals surface area contributed by atoms with Gasteiger partial charge in [-0.05, 0) is 6.42 Å². The van der Waals surface area contributed by atoms with E-state index in [1.54, 1.807) is 7.05 Å². The fraction of sp³-hybridized carbons (Fsp3) is 0.800. The van der Waals surface area contributed by atoms with Crippen LogP contribution in [0.2, 0.25) is 0 Å². The first kappa shape index (κ1) is 10.7. The lowest BCUT2D eigenvalue weighted by atomic mass is 10.3. The van der Waals surface area contributed by atoms with Crippen LogP contribution in [0.4, 0.5) is 0 Å². The van der Waals surface area contributed by atoms with E-state index in [1.807, 2.05) is 6.92 Å². The normalized spacial score (nSPS) is 7.25. The molecule has 0 unspecified atom stereocenters. The summed E-state index contributed by atoms with van der Waals surface area (Å²) in [5, 5.41) is 2.53. The summed E-state index contributed by atoms with van der Waals surface area (Å²) in [5.41, 5.74) is 0. The Hall–Kier alpha value is -0.240. The monoisotopic (exact) mass is 137 g/mol. The van der Waals surface area contributed by atoms with Crippen molar-refractivity contribution in [3.8, 4) is 0 Å². The number of rotatable bonds is 2. The van der Waals surface area contributed by atoms with Crippen LogP contribution in [0.25, 0.3) is 0 Å². The predicted molar refractivity (Wildman–Crippen MR) is 36.2 cm³/mol. The zero-order valence-electron chi connectivity index (χ0n) is 5.23. The maximum Gasteiger partial charge on any atom is 0.219 e. The molecule has 0 saturated carbocycles. The average molecular weight is 138 g/mol. The summed E-state index contributed by atoms with van der Waals surface area (Å²) in [4.78, 5) is 10.3. The highest BCUT2D eigenvalue weighted by Crippen LogP contribution is 1.82. The van der Waals surface area contributed by atoms with Gasteiger partial charge in [0.15, 0.2) is 0 Å². The van der Waals surface area contributed by atoms with Gasteiger partial charge in [-0.15, -0.1) is 12.4 Å². The molecule has 0 atom stereocenters. The number of hydrogen-bond acceptors (Lipinski definition) is 1. The van der Waals surface area contributed by atoms with Crippen LogP contribution in [-0.2, 0) is 4.79 Å². The van der Waals surface area contributed by atoms with Gasteiger partial charge in [0.05, 0.1) is 0 Å². The summed E-state index contributed by atoms with van der Waals surface area (Å²) in [7, 11) is 1.65. The van der Waals surface area contributed by atoms with Gasteiger partial charge < -0.3 is 5.32 Å². The van der Waals surface area contributed by atoms with Gasteiger partial charge in [-0.2, -0.15) is 0 Å². The molecule has 0 rings (SSSR count). The topological polar surface area (TPSA) is 29.1 Å². The summed E-state index contributed by atoms with van der Waals surface area (Å²) in [6.07, 6.45) is 1.58. The minimum Gasteiger partial charge on any atom is -0.359 e. The minimum absolute atomic E-state index is 0. The first-order valence-electron chi connectivity index (χ1n) is 2.51. The molecule has 0 aromatic heterocycles. The molecular formula is C5H12ClNO. The second-order valence-corrected chi connectivity index (χ2v) is 1.42. The highest BCUT2D eigenvalue weighted by molar-refractivity contribution is 5.85. The van der Waals surface area contributed by atoms with Crippen LogP contribution in [0.15, 0.2) is 0 Å². The van der Waals surface area contributed by atoms with Gasteiger partial charge in [-0.25, -0.2) is 0 Å². The number of carbonyl (C=O) groups is 1. The van der Waals surface area contributed by atoms with Crippen molar-refractivity contribution in [2.45, 2.75) is 19.8 Å². The third kappa shape index (κ3) is 5.76. The number of hydrogen-bond donors (Lipinski definition) is 1. The summed E-state index contributed by atoms with van der Waals surface area (Å²) in [6, 6.07) is 0. The molecule has 3 heteroatoms. The molecular weight excluding hydrogens is 126 g/mol. The molecule has 0 fully saturated rings. The van der Waals surface area contributed by atoms with Gasteiger partial charge in [-0.3, -0.25) is 4.79 Å². The first-order valence-corrected chi connectivity index (χ1v) is 2.51. The standard InChI is InChI=1S/C5H11NO.ClH/c1-3-4-5(7)6-2;/h3-4H2,1-2H3,(H,6,7);1H. The van der Waals surface area contributed by atoms with E-state index in [-0.39, 0.29) is 18.3 Å². The van der Waals surface area contributed by atoms with Crippen molar-refractivity contribution < 1.29 is 4.79 Å². The fourth-order valence-electron chi connectivity index (χ4n) is 0.352. The third-order valence-electron chi connectivity index (χ3n) is 0.756. The molecule has 0 aliphatic rings. The van der Waals surface area contributed by atoms with Crippen molar-refractivity contribution in [1.82, 2.24) is 5.32 Å². The molecule has 2 nitrogen and oxygen atoms in total. The zero-order chi connectivity index (χ0) is 5.70. The largest absolute Gasteiger partial charge is 0.359 e. The highest BCUT2D eigenvalue weighted by Gasteiger charge is 1.89. The average Bonchev–Trinajstić information content (AvgIpc) is 1.68. The molecule has 1 N–H and O–H groups in total. The Kier molecular flexibility index (Phi) is 9.03. The minimum atomic E-state index is 0. The van der Waals surface area contributed by atoms with Gasteiger partial charge in [0.1, 0.15) is 0 Å². The van der Waals surface area contributed by atoms with Crippen molar-refractivity contribution in [2.75, 3.05) is 7.05 Å². The molecule has 0 aromatic rings. The Morgan fingerprint density at radius 1 is 1.62 bits per heavy atom. The quantitative estimate of drug-likeness (QED) is 0.604. The maximum atomic E-state index is 10.3. The number of carbonyl (C=O) groups excluding carboxylic acids is 1. The van der Waals surface area contributed by atoms with Crippen molar-refractivity contribution in [3.63, 3.8) is 0 Å². The van der Waals surface area contributed by atoms with E-state index in [4.69, 9.17) is 0 Å². The second-order valence-electron chi connectivity index (χ2n) is 1.42. The second kappa shape index (κ2) is 6.76. The molecule has 0 spiro atoms. The SMILES string of the molecule is CCCC(=O)NC.Cl. The van der Waals surface area contributed by atoms with E-state index >= 15 is 0 Å². The number of halogens is 1. The summed E-state index contributed by atoms with van der Waals surface area (Å²) in [5.74, 6) is 0.127. The Labute approximate surface area is 56.1 Å². The summed E-state index contributed by atoms with van der Waals surface area (Å²) < 4.78 is 0. The van der Waals surface area contributed by atoms with E-state index in [9.17, 15) is 4.79 Å². The van der Waals surface area contributed by atoms with Crippen LogP contribution in [0, 0.1) is 0 Å². The van der Waals surface area contributed by atoms with Gasteiger partial charge >= 0.3 is 0 Å². The van der Waals surface area contributed by atoms with Gasteiger partial charge in [0, 0.05) is 13.5 Å². The van der Waals surface area contributed by atoms with E-state index in [0.717, 1.165) is 6.42 Å². The van der Waals surface area contributed by atoms with E-state index < -0.39 is 0 Å². The van der Waals surface area contributed by atoms with E-state index in [2.05, 4.69) is 5.32 Å². The molecule has 0 aliphatic heterocycles. The highest BCUT2D eigenvalue weighted by atomic mass is 35.5. The molecule has 0 saturated heterocycles. The Balaban J connectivity index is 0. The van der Waals surface area contributed by atoms with Gasteiger partial charge in [-0.1, -0.05) is 6.92 Å². The Bertz CT molecular complexity index is 65.4. The first-order chi connectivity index (χ1) is 3.31. The smallest absolute Gasteiger partial charge is 0.219 e. The predicted octanol–water partition coefficient (Wildman–Crippen LogP) is 0.954. The Morgan fingerprint density at radius 2 is 2.12 bits per heavy atom. The molecule has 0 aromatic carbocycles. The van der Waals surface area contributed by atoms with Crippen molar-refractivity contribution in [2.24, 2.45) is 0 Å². The lowest BCUT2D eigenvalue weighted by molar-refractivity contribution is -0.120. The van der Waals surface area contributed by atoms with Gasteiger partial charge in [0.25, 0.3) is 0 Å². The molecule has 0 aliphatic carbocycles. The summed E-state index contributed by atoms with van der Waals surface area (Å²) in [6.45, 7) is 1.98. The lowest BCUT2D eigenvalue weighted by Gasteiger charge is -1.91.